The van der Waals surface area contributed by atoms with Gasteiger partial charge in [0.05, 0.1) is 0 Å². The second kappa shape index (κ2) is 8.56. The van der Waals surface area contributed by atoms with Crippen LogP contribution < -0.4 is 5.32 Å². The van der Waals surface area contributed by atoms with Gasteiger partial charge in [0, 0.05) is 21.2 Å². The number of esters is 1. The predicted molar refractivity (Wildman–Crippen MR) is 104 cm³/mol. The molecule has 0 radical (unpaired) electrons. The fourth-order valence-electron chi connectivity index (χ4n) is 2.22. The van der Waals surface area contributed by atoms with E-state index in [1.54, 1.807) is 30.3 Å². The first kappa shape index (κ1) is 20.3. The third-order valence-corrected chi connectivity index (χ3v) is 4.40. The maximum atomic E-state index is 12.1. The summed E-state index contributed by atoms with van der Waals surface area (Å²) in [6.45, 7) is 6.11. The van der Waals surface area contributed by atoms with E-state index in [0.717, 1.165) is 5.56 Å². The zero-order chi connectivity index (χ0) is 19.3. The number of amides is 1. The minimum atomic E-state index is -0.546. The van der Waals surface area contributed by atoms with Gasteiger partial charge in [-0.15, -0.1) is 0 Å². The Hall–Kier alpha value is -2.04. The molecule has 2 aromatic rings. The van der Waals surface area contributed by atoms with Crippen LogP contribution in [-0.4, -0.2) is 18.4 Å². The summed E-state index contributed by atoms with van der Waals surface area (Å²) in [4.78, 5) is 23.9. The maximum absolute atomic E-state index is 12.1. The highest BCUT2D eigenvalue weighted by Crippen LogP contribution is 2.22. The standard InChI is InChI=1S/C20H21Cl2NO3/c1-20(2,3)15-7-4-13(5-8-15)19(25)23-11-18(24)26-12-14-6-9-16(21)10-17(14)22/h4-10H,11-12H2,1-3H3,(H,23,25). The lowest BCUT2D eigenvalue weighted by atomic mass is 9.87. The molecule has 1 N–H and O–H groups in total. The van der Waals surface area contributed by atoms with Crippen LogP contribution in [-0.2, 0) is 21.6 Å². The Labute approximate surface area is 163 Å². The zero-order valence-electron chi connectivity index (χ0n) is 14.9. The summed E-state index contributed by atoms with van der Waals surface area (Å²) in [5.41, 5.74) is 2.29. The molecule has 0 saturated carbocycles. The minimum Gasteiger partial charge on any atom is -0.459 e. The molecule has 0 aliphatic rings. The van der Waals surface area contributed by atoms with Gasteiger partial charge in [-0.1, -0.05) is 62.2 Å². The summed E-state index contributed by atoms with van der Waals surface area (Å²) in [6, 6.07) is 12.2. The van der Waals surface area contributed by atoms with Crippen molar-refractivity contribution < 1.29 is 14.3 Å². The van der Waals surface area contributed by atoms with Gasteiger partial charge in [-0.25, -0.2) is 0 Å². The highest BCUT2D eigenvalue weighted by atomic mass is 35.5. The number of carbonyl (C=O) groups excluding carboxylic acids is 2. The molecular formula is C20H21Cl2NO3. The zero-order valence-corrected chi connectivity index (χ0v) is 16.4. The summed E-state index contributed by atoms with van der Waals surface area (Å²) in [5, 5.41) is 3.48. The highest BCUT2D eigenvalue weighted by molar-refractivity contribution is 6.35. The first-order chi connectivity index (χ1) is 12.2. The first-order valence-corrected chi connectivity index (χ1v) is 8.91. The van der Waals surface area contributed by atoms with Crippen LogP contribution in [0.3, 0.4) is 0 Å². The second-order valence-electron chi connectivity index (χ2n) is 6.91. The SMILES string of the molecule is CC(C)(C)c1ccc(C(=O)NCC(=O)OCc2ccc(Cl)cc2Cl)cc1. The molecule has 0 saturated heterocycles. The Kier molecular flexibility index (Phi) is 6.68. The molecule has 138 valence electrons. The van der Waals surface area contributed by atoms with Gasteiger partial charge in [0.2, 0.25) is 0 Å². The molecule has 0 bridgehead atoms. The van der Waals surface area contributed by atoms with Crippen molar-refractivity contribution in [1.82, 2.24) is 5.32 Å². The number of rotatable bonds is 5. The van der Waals surface area contributed by atoms with Gasteiger partial charge < -0.3 is 10.1 Å². The van der Waals surface area contributed by atoms with Gasteiger partial charge >= 0.3 is 5.97 Å². The molecule has 0 fully saturated rings. The fourth-order valence-corrected chi connectivity index (χ4v) is 2.69. The van der Waals surface area contributed by atoms with Crippen molar-refractivity contribution in [2.75, 3.05) is 6.54 Å². The van der Waals surface area contributed by atoms with E-state index in [2.05, 4.69) is 26.1 Å². The molecule has 2 aromatic carbocycles. The monoisotopic (exact) mass is 393 g/mol. The Morgan fingerprint density at radius 1 is 1.04 bits per heavy atom. The van der Waals surface area contributed by atoms with Crippen LogP contribution in [0.1, 0.15) is 42.3 Å². The van der Waals surface area contributed by atoms with Crippen molar-refractivity contribution in [2.45, 2.75) is 32.8 Å². The smallest absolute Gasteiger partial charge is 0.325 e. The lowest BCUT2D eigenvalue weighted by Gasteiger charge is -2.19. The van der Waals surface area contributed by atoms with Crippen LogP contribution in [0.4, 0.5) is 0 Å². The van der Waals surface area contributed by atoms with Crippen molar-refractivity contribution in [2.24, 2.45) is 0 Å². The Bertz CT molecular complexity index is 796. The largest absolute Gasteiger partial charge is 0.459 e. The molecule has 6 heteroatoms. The third-order valence-electron chi connectivity index (χ3n) is 3.81. The van der Waals surface area contributed by atoms with Crippen LogP contribution in [0.25, 0.3) is 0 Å². The van der Waals surface area contributed by atoms with Crippen molar-refractivity contribution in [3.05, 3.63) is 69.2 Å². The van der Waals surface area contributed by atoms with E-state index < -0.39 is 5.97 Å². The Morgan fingerprint density at radius 2 is 1.69 bits per heavy atom. The Balaban J connectivity index is 1.84. The molecule has 0 atom stereocenters. The molecule has 0 unspecified atom stereocenters. The number of carbonyl (C=O) groups is 2. The van der Waals surface area contributed by atoms with Crippen molar-refractivity contribution >= 4 is 35.1 Å². The lowest BCUT2D eigenvalue weighted by Crippen LogP contribution is -2.30. The van der Waals surface area contributed by atoms with Crippen molar-refractivity contribution in [3.63, 3.8) is 0 Å². The van der Waals surface area contributed by atoms with E-state index in [1.807, 2.05) is 12.1 Å². The van der Waals surface area contributed by atoms with E-state index in [4.69, 9.17) is 27.9 Å². The summed E-state index contributed by atoms with van der Waals surface area (Å²) >= 11 is 11.8. The Morgan fingerprint density at radius 3 is 2.27 bits per heavy atom. The van der Waals surface area contributed by atoms with Gasteiger partial charge in [-0.3, -0.25) is 9.59 Å². The molecule has 0 spiro atoms. The van der Waals surface area contributed by atoms with Gasteiger partial charge in [0.1, 0.15) is 13.2 Å². The molecule has 4 nitrogen and oxygen atoms in total. The van der Waals surface area contributed by atoms with E-state index in [0.29, 0.717) is 21.2 Å². The average molecular weight is 394 g/mol. The molecule has 0 aliphatic carbocycles. The van der Waals surface area contributed by atoms with Gasteiger partial charge in [-0.05, 0) is 35.2 Å². The predicted octanol–water partition coefficient (Wildman–Crippen LogP) is 4.76. The van der Waals surface area contributed by atoms with Gasteiger partial charge in [-0.2, -0.15) is 0 Å². The van der Waals surface area contributed by atoms with Gasteiger partial charge in [0.25, 0.3) is 5.91 Å². The average Bonchev–Trinajstić information content (AvgIpc) is 2.58. The molecule has 26 heavy (non-hydrogen) atoms. The van der Waals surface area contributed by atoms with Crippen LogP contribution in [0.5, 0.6) is 0 Å². The molecule has 0 aliphatic heterocycles. The van der Waals surface area contributed by atoms with Crippen LogP contribution in [0.15, 0.2) is 42.5 Å². The fraction of sp³-hybridized carbons (Fsp3) is 0.300. The molecule has 0 aromatic heterocycles. The van der Waals surface area contributed by atoms with E-state index >= 15 is 0 Å². The summed E-state index contributed by atoms with van der Waals surface area (Å²) < 4.78 is 5.12. The molecule has 0 heterocycles. The van der Waals surface area contributed by atoms with Crippen molar-refractivity contribution in [3.8, 4) is 0 Å². The number of hydrogen-bond acceptors (Lipinski definition) is 3. The van der Waals surface area contributed by atoms with Crippen LogP contribution >= 0.6 is 23.2 Å². The third kappa shape index (κ3) is 5.75. The van der Waals surface area contributed by atoms with E-state index in [1.165, 1.54) is 0 Å². The summed E-state index contributed by atoms with van der Waals surface area (Å²) in [6.07, 6.45) is 0. The number of ether oxygens (including phenoxy) is 1. The van der Waals surface area contributed by atoms with Crippen LogP contribution in [0, 0.1) is 0 Å². The van der Waals surface area contributed by atoms with Gasteiger partial charge in [0.15, 0.2) is 0 Å². The summed E-state index contributed by atoms with van der Waals surface area (Å²) in [7, 11) is 0. The van der Waals surface area contributed by atoms with Crippen LogP contribution in [0.2, 0.25) is 10.0 Å². The van der Waals surface area contributed by atoms with Crippen molar-refractivity contribution in [1.29, 1.82) is 0 Å². The molecule has 1 amide bonds. The topological polar surface area (TPSA) is 55.4 Å². The molecule has 2 rings (SSSR count). The number of benzene rings is 2. The maximum Gasteiger partial charge on any atom is 0.325 e. The quantitative estimate of drug-likeness (QED) is 0.744. The highest BCUT2D eigenvalue weighted by Gasteiger charge is 2.15. The number of hydrogen-bond donors (Lipinski definition) is 1. The number of nitrogens with one attached hydrogen (secondary N) is 1. The van der Waals surface area contributed by atoms with E-state index in [9.17, 15) is 9.59 Å². The normalized spacial score (nSPS) is 11.1. The first-order valence-electron chi connectivity index (χ1n) is 8.15. The second-order valence-corrected chi connectivity index (χ2v) is 7.75. The number of halogens is 2. The lowest BCUT2D eigenvalue weighted by molar-refractivity contribution is -0.143. The molecular weight excluding hydrogens is 373 g/mol. The minimum absolute atomic E-state index is 0.0156. The summed E-state index contributed by atoms with van der Waals surface area (Å²) in [5.74, 6) is -0.873. The van der Waals surface area contributed by atoms with E-state index in [-0.39, 0.29) is 24.5 Å².